The smallest absolute Gasteiger partial charge is 0.310 e. The van der Waals surface area contributed by atoms with Gasteiger partial charge in [-0.2, -0.15) is 13.2 Å². The minimum Gasteiger partial charge on any atom is -0.310 e. The number of aryl methyl sites for hydroxylation is 1. The number of hydrogen-bond acceptors (Lipinski definition) is 2. The van der Waals surface area contributed by atoms with E-state index in [0.717, 1.165) is 0 Å². The Bertz CT molecular complexity index is 409. The van der Waals surface area contributed by atoms with Crippen LogP contribution in [0.25, 0.3) is 0 Å². The summed E-state index contributed by atoms with van der Waals surface area (Å²) in [7, 11) is 0. The van der Waals surface area contributed by atoms with Gasteiger partial charge < -0.3 is 4.98 Å². The molecule has 0 fully saturated rings. The highest BCUT2D eigenvalue weighted by Crippen LogP contribution is 2.18. The quantitative estimate of drug-likeness (QED) is 0.825. The van der Waals surface area contributed by atoms with Crippen LogP contribution in [0.4, 0.5) is 13.2 Å². The monoisotopic (exact) mass is 220 g/mol. The van der Waals surface area contributed by atoms with E-state index < -0.39 is 18.2 Å². The molecule has 0 aliphatic heterocycles. The first-order chi connectivity index (χ1) is 6.83. The summed E-state index contributed by atoms with van der Waals surface area (Å²) in [4.78, 5) is 17.2. The van der Waals surface area contributed by atoms with Gasteiger partial charge in [-0.05, 0) is 13.3 Å². The Hall–Kier alpha value is -1.33. The lowest BCUT2D eigenvalue weighted by atomic mass is 10.2. The standard InChI is InChI=1S/C9H11F3N2O/c1-3-6-5(2)13-7(14-8(6)15)4-9(10,11)12/h3-4H2,1-2H3,(H,13,14,15). The molecule has 0 saturated carbocycles. The molecule has 0 aromatic carbocycles. The zero-order chi connectivity index (χ0) is 11.6. The molecular weight excluding hydrogens is 209 g/mol. The highest BCUT2D eigenvalue weighted by molar-refractivity contribution is 5.16. The van der Waals surface area contributed by atoms with Gasteiger partial charge >= 0.3 is 6.18 Å². The molecule has 0 amide bonds. The summed E-state index contributed by atoms with van der Waals surface area (Å²) in [6, 6.07) is 0. The largest absolute Gasteiger partial charge is 0.396 e. The van der Waals surface area contributed by atoms with E-state index in [1.165, 1.54) is 6.92 Å². The molecule has 0 radical (unpaired) electrons. The minimum atomic E-state index is -4.35. The van der Waals surface area contributed by atoms with E-state index in [4.69, 9.17) is 0 Å². The van der Waals surface area contributed by atoms with Crippen LogP contribution in [0.2, 0.25) is 0 Å². The second kappa shape index (κ2) is 4.04. The molecule has 1 heterocycles. The summed E-state index contributed by atoms with van der Waals surface area (Å²) < 4.78 is 36.1. The summed E-state index contributed by atoms with van der Waals surface area (Å²) in [5.41, 5.74) is 0.311. The average molecular weight is 220 g/mol. The molecule has 1 N–H and O–H groups in total. The van der Waals surface area contributed by atoms with Gasteiger partial charge in [0.25, 0.3) is 5.56 Å². The van der Waals surface area contributed by atoms with Crippen molar-refractivity contribution in [3.63, 3.8) is 0 Å². The third-order valence-corrected chi connectivity index (χ3v) is 1.99. The molecule has 1 aromatic rings. The highest BCUT2D eigenvalue weighted by atomic mass is 19.4. The molecule has 0 unspecified atom stereocenters. The van der Waals surface area contributed by atoms with Gasteiger partial charge in [-0.15, -0.1) is 0 Å². The molecule has 0 spiro atoms. The fourth-order valence-electron chi connectivity index (χ4n) is 1.36. The minimum absolute atomic E-state index is 0.331. The van der Waals surface area contributed by atoms with Crippen LogP contribution >= 0.6 is 0 Å². The molecule has 6 heteroatoms. The maximum Gasteiger partial charge on any atom is 0.396 e. The van der Waals surface area contributed by atoms with Gasteiger partial charge in [-0.1, -0.05) is 6.92 Å². The van der Waals surface area contributed by atoms with E-state index >= 15 is 0 Å². The zero-order valence-electron chi connectivity index (χ0n) is 8.40. The van der Waals surface area contributed by atoms with Crippen LogP contribution in [0.1, 0.15) is 24.0 Å². The number of aromatic nitrogens is 2. The van der Waals surface area contributed by atoms with E-state index in [2.05, 4.69) is 9.97 Å². The molecule has 0 aliphatic rings. The SMILES string of the molecule is CCc1c(C)nc(CC(F)(F)F)[nH]c1=O. The lowest BCUT2D eigenvalue weighted by Gasteiger charge is -2.07. The first-order valence-corrected chi connectivity index (χ1v) is 4.49. The van der Waals surface area contributed by atoms with Crippen LogP contribution in [-0.4, -0.2) is 16.1 Å². The zero-order valence-corrected chi connectivity index (χ0v) is 8.40. The van der Waals surface area contributed by atoms with Gasteiger partial charge in [0, 0.05) is 11.3 Å². The van der Waals surface area contributed by atoms with Gasteiger partial charge in [0.05, 0.1) is 0 Å². The molecule has 1 aromatic heterocycles. The van der Waals surface area contributed by atoms with Crippen molar-refractivity contribution in [2.45, 2.75) is 32.9 Å². The van der Waals surface area contributed by atoms with Gasteiger partial charge in [-0.25, -0.2) is 4.98 Å². The van der Waals surface area contributed by atoms with Crippen molar-refractivity contribution in [2.75, 3.05) is 0 Å². The number of alkyl halides is 3. The second-order valence-corrected chi connectivity index (χ2v) is 3.22. The number of nitrogens with zero attached hydrogens (tertiary/aromatic N) is 1. The Balaban J connectivity index is 3.10. The summed E-state index contributed by atoms with van der Waals surface area (Å²) in [6.07, 6.45) is -5.09. The van der Waals surface area contributed by atoms with Crippen LogP contribution < -0.4 is 5.56 Å². The van der Waals surface area contributed by atoms with Crippen molar-refractivity contribution in [1.82, 2.24) is 9.97 Å². The van der Waals surface area contributed by atoms with Crippen molar-refractivity contribution >= 4 is 0 Å². The Morgan fingerprint density at radius 1 is 1.40 bits per heavy atom. The summed E-state index contributed by atoms with van der Waals surface area (Å²) in [6.45, 7) is 3.29. The third-order valence-electron chi connectivity index (χ3n) is 1.99. The van der Waals surface area contributed by atoms with Crippen LogP contribution in [0, 0.1) is 6.92 Å². The van der Waals surface area contributed by atoms with E-state index in [9.17, 15) is 18.0 Å². The van der Waals surface area contributed by atoms with E-state index in [1.807, 2.05) is 0 Å². The Morgan fingerprint density at radius 2 is 2.00 bits per heavy atom. The van der Waals surface area contributed by atoms with Crippen molar-refractivity contribution in [2.24, 2.45) is 0 Å². The van der Waals surface area contributed by atoms with Crippen molar-refractivity contribution in [3.05, 3.63) is 27.4 Å². The molecule has 0 atom stereocenters. The van der Waals surface area contributed by atoms with Crippen LogP contribution in [-0.2, 0) is 12.8 Å². The first-order valence-electron chi connectivity index (χ1n) is 4.49. The molecule has 3 nitrogen and oxygen atoms in total. The number of H-pyrrole nitrogens is 1. The topological polar surface area (TPSA) is 45.8 Å². The van der Waals surface area contributed by atoms with E-state index in [1.54, 1.807) is 6.92 Å². The predicted molar refractivity (Wildman–Crippen MR) is 48.7 cm³/mol. The number of aromatic amines is 1. The molecular formula is C9H11F3N2O. The first kappa shape index (κ1) is 11.7. The average Bonchev–Trinajstić information content (AvgIpc) is 1.99. The Morgan fingerprint density at radius 3 is 2.40 bits per heavy atom. The fourth-order valence-corrected chi connectivity index (χ4v) is 1.36. The lowest BCUT2D eigenvalue weighted by Crippen LogP contribution is -2.22. The van der Waals surface area contributed by atoms with E-state index in [0.29, 0.717) is 17.7 Å². The van der Waals surface area contributed by atoms with Gasteiger partial charge in [0.1, 0.15) is 12.2 Å². The molecule has 15 heavy (non-hydrogen) atoms. The molecule has 1 rings (SSSR count). The molecule has 0 saturated heterocycles. The number of hydrogen-bond donors (Lipinski definition) is 1. The number of halogens is 3. The summed E-state index contributed by atoms with van der Waals surface area (Å²) >= 11 is 0. The van der Waals surface area contributed by atoms with E-state index in [-0.39, 0.29) is 5.82 Å². The van der Waals surface area contributed by atoms with Crippen LogP contribution in [0.15, 0.2) is 4.79 Å². The Kier molecular flexibility index (Phi) is 3.16. The lowest BCUT2D eigenvalue weighted by molar-refractivity contribution is -0.128. The maximum absolute atomic E-state index is 12.0. The van der Waals surface area contributed by atoms with Crippen LogP contribution in [0.3, 0.4) is 0 Å². The number of rotatable bonds is 2. The maximum atomic E-state index is 12.0. The third kappa shape index (κ3) is 3.07. The Labute approximate surface area is 84.4 Å². The fraction of sp³-hybridized carbons (Fsp3) is 0.556. The van der Waals surface area contributed by atoms with Crippen LogP contribution in [0.5, 0.6) is 0 Å². The highest BCUT2D eigenvalue weighted by Gasteiger charge is 2.29. The van der Waals surface area contributed by atoms with Crippen molar-refractivity contribution in [1.29, 1.82) is 0 Å². The van der Waals surface area contributed by atoms with Gasteiger partial charge in [0.2, 0.25) is 0 Å². The second-order valence-electron chi connectivity index (χ2n) is 3.22. The molecule has 0 bridgehead atoms. The predicted octanol–water partition coefficient (Wildman–Crippen LogP) is 1.75. The van der Waals surface area contributed by atoms with Crippen molar-refractivity contribution < 1.29 is 13.2 Å². The van der Waals surface area contributed by atoms with Gasteiger partial charge in [0.15, 0.2) is 0 Å². The number of nitrogens with one attached hydrogen (secondary N) is 1. The van der Waals surface area contributed by atoms with Crippen molar-refractivity contribution in [3.8, 4) is 0 Å². The van der Waals surface area contributed by atoms with Gasteiger partial charge in [-0.3, -0.25) is 4.79 Å². The normalized spacial score (nSPS) is 11.8. The summed E-state index contributed by atoms with van der Waals surface area (Å²) in [5, 5.41) is 0. The molecule has 84 valence electrons. The molecule has 0 aliphatic carbocycles. The summed E-state index contributed by atoms with van der Waals surface area (Å²) in [5.74, 6) is -0.331.